The number of nitrogens with one attached hydrogen (secondary N) is 1. The van der Waals surface area contributed by atoms with Gasteiger partial charge in [0.1, 0.15) is 4.21 Å². The van der Waals surface area contributed by atoms with Crippen molar-refractivity contribution in [2.45, 2.75) is 4.21 Å². The monoisotopic (exact) mass is 411 g/mol. The van der Waals surface area contributed by atoms with Crippen molar-refractivity contribution in [1.82, 2.24) is 4.98 Å². The second-order valence-electron chi connectivity index (χ2n) is 4.65. The maximum Gasteiger partial charge on any atom is 0.265 e. The normalized spacial score (nSPS) is 11.6. The first-order valence-corrected chi connectivity index (χ1v) is 9.48. The highest BCUT2D eigenvalue weighted by atomic mass is 79.9. The molecule has 6 nitrogen and oxygen atoms in total. The number of carbonyl (C=O) groups excluding carboxylic acids is 1. The number of hydrogen-bond donors (Lipinski definition) is 2. The number of pyridine rings is 1. The number of anilines is 1. The molecule has 0 radical (unpaired) electrons. The number of nitrogens with zero attached hydrogens (tertiary/aromatic N) is 1. The van der Waals surface area contributed by atoms with Crippen molar-refractivity contribution in [3.8, 4) is 0 Å². The minimum Gasteiger partial charge on any atom is -0.319 e. The van der Waals surface area contributed by atoms with Crippen LogP contribution >= 0.6 is 27.3 Å². The number of amides is 1. The molecule has 2 heterocycles. The van der Waals surface area contributed by atoms with E-state index in [-0.39, 0.29) is 9.09 Å². The molecule has 9 heteroatoms. The molecule has 0 saturated heterocycles. The summed E-state index contributed by atoms with van der Waals surface area (Å²) in [7, 11) is -3.81. The van der Waals surface area contributed by atoms with Crippen LogP contribution in [0.4, 0.5) is 5.69 Å². The zero-order chi connectivity index (χ0) is 16.6. The maximum absolute atomic E-state index is 12.3. The molecule has 3 aromatic rings. The molecule has 0 fully saturated rings. The van der Waals surface area contributed by atoms with E-state index in [0.717, 1.165) is 21.2 Å². The predicted molar refractivity (Wildman–Crippen MR) is 93.1 cm³/mol. The molecule has 23 heavy (non-hydrogen) atoms. The number of para-hydroxylation sites is 1. The molecule has 0 aliphatic rings. The number of rotatable bonds is 3. The zero-order valence-electron chi connectivity index (χ0n) is 11.5. The fraction of sp³-hybridized carbons (Fsp3) is 0. The van der Waals surface area contributed by atoms with E-state index in [2.05, 4.69) is 26.2 Å². The Kier molecular flexibility index (Phi) is 4.19. The highest BCUT2D eigenvalue weighted by Gasteiger charge is 2.16. The summed E-state index contributed by atoms with van der Waals surface area (Å²) in [4.78, 5) is 16.8. The lowest BCUT2D eigenvalue weighted by Crippen LogP contribution is -2.11. The Bertz CT molecular complexity index is 1020. The number of fused-ring (bicyclic) bond motifs is 1. The number of thiophene rings is 1. The van der Waals surface area contributed by atoms with Crippen LogP contribution in [0.1, 0.15) is 9.67 Å². The lowest BCUT2D eigenvalue weighted by atomic mass is 10.2. The standard InChI is InChI=1S/C14H10BrN3O3S2/c15-9-6-8-2-1-3-10(13(8)17-7-9)18-14(19)11-4-5-12(22-11)23(16,20)21/h1-7H,(H,18,19)(H2,16,20,21). The Hall–Kier alpha value is -1.81. The van der Waals surface area contributed by atoms with E-state index >= 15 is 0 Å². The first-order chi connectivity index (χ1) is 10.8. The van der Waals surface area contributed by atoms with E-state index in [1.54, 1.807) is 18.3 Å². The lowest BCUT2D eigenvalue weighted by molar-refractivity contribution is 0.103. The average molecular weight is 412 g/mol. The second-order valence-corrected chi connectivity index (χ2v) is 8.44. The van der Waals surface area contributed by atoms with Crippen LogP contribution in [0.2, 0.25) is 0 Å². The van der Waals surface area contributed by atoms with Gasteiger partial charge in [0.25, 0.3) is 5.91 Å². The number of hydrogen-bond acceptors (Lipinski definition) is 5. The van der Waals surface area contributed by atoms with Crippen molar-refractivity contribution >= 4 is 59.8 Å². The van der Waals surface area contributed by atoms with E-state index in [4.69, 9.17) is 5.14 Å². The van der Waals surface area contributed by atoms with Gasteiger partial charge in [-0.1, -0.05) is 12.1 Å². The smallest absolute Gasteiger partial charge is 0.265 e. The van der Waals surface area contributed by atoms with Crippen molar-refractivity contribution in [3.05, 3.63) is 51.9 Å². The highest BCUT2D eigenvalue weighted by Crippen LogP contribution is 2.26. The summed E-state index contributed by atoms with van der Waals surface area (Å²) in [5, 5.41) is 8.66. The molecule has 0 unspecified atom stereocenters. The van der Waals surface area contributed by atoms with Crippen molar-refractivity contribution < 1.29 is 13.2 Å². The van der Waals surface area contributed by atoms with Gasteiger partial charge in [-0.05, 0) is 40.2 Å². The molecular weight excluding hydrogens is 402 g/mol. The third kappa shape index (κ3) is 3.42. The van der Waals surface area contributed by atoms with Crippen molar-refractivity contribution in [3.63, 3.8) is 0 Å². The third-order valence-corrected chi connectivity index (χ3v) is 5.97. The van der Waals surface area contributed by atoms with E-state index in [0.29, 0.717) is 11.2 Å². The van der Waals surface area contributed by atoms with Gasteiger partial charge in [-0.25, -0.2) is 13.6 Å². The van der Waals surface area contributed by atoms with Crippen molar-refractivity contribution in [2.75, 3.05) is 5.32 Å². The number of aromatic nitrogens is 1. The van der Waals surface area contributed by atoms with Crippen LogP contribution in [0.3, 0.4) is 0 Å². The van der Waals surface area contributed by atoms with E-state index in [1.807, 2.05) is 12.1 Å². The van der Waals surface area contributed by atoms with Gasteiger partial charge in [0.15, 0.2) is 0 Å². The minimum absolute atomic E-state index is 0.0531. The van der Waals surface area contributed by atoms with Crippen LogP contribution in [-0.4, -0.2) is 19.3 Å². The Morgan fingerprint density at radius 2 is 2.04 bits per heavy atom. The van der Waals surface area contributed by atoms with Crippen LogP contribution in [0.15, 0.2) is 51.3 Å². The SMILES string of the molecule is NS(=O)(=O)c1ccc(C(=O)Nc2cccc3cc(Br)cnc23)s1. The van der Waals surface area contributed by atoms with Gasteiger partial charge >= 0.3 is 0 Å². The highest BCUT2D eigenvalue weighted by molar-refractivity contribution is 9.10. The maximum atomic E-state index is 12.3. The molecule has 0 saturated carbocycles. The summed E-state index contributed by atoms with van der Waals surface area (Å²) in [6.07, 6.45) is 1.64. The number of nitrogens with two attached hydrogens (primary N) is 1. The minimum atomic E-state index is -3.81. The molecule has 118 valence electrons. The lowest BCUT2D eigenvalue weighted by Gasteiger charge is -2.07. The molecule has 1 aromatic carbocycles. The van der Waals surface area contributed by atoms with Gasteiger partial charge in [-0.15, -0.1) is 11.3 Å². The summed E-state index contributed by atoms with van der Waals surface area (Å²) in [6, 6.07) is 10.0. The number of sulfonamides is 1. The van der Waals surface area contributed by atoms with Crippen LogP contribution in [0, 0.1) is 0 Å². The Labute approximate surface area is 144 Å². The molecule has 0 aliphatic heterocycles. The van der Waals surface area contributed by atoms with Gasteiger partial charge in [0, 0.05) is 16.1 Å². The molecule has 3 rings (SSSR count). The topological polar surface area (TPSA) is 102 Å². The summed E-state index contributed by atoms with van der Waals surface area (Å²) in [5.74, 6) is -0.415. The van der Waals surface area contributed by atoms with Crippen LogP contribution in [0.5, 0.6) is 0 Å². The number of primary sulfonamides is 1. The van der Waals surface area contributed by atoms with Gasteiger partial charge in [-0.2, -0.15) is 0 Å². The predicted octanol–water partition coefficient (Wildman–Crippen LogP) is 2.96. The third-order valence-electron chi connectivity index (χ3n) is 3.01. The summed E-state index contributed by atoms with van der Waals surface area (Å²) in [6.45, 7) is 0. The van der Waals surface area contributed by atoms with Crippen LogP contribution < -0.4 is 10.5 Å². The van der Waals surface area contributed by atoms with Gasteiger partial charge in [0.05, 0.1) is 16.1 Å². The molecule has 0 spiro atoms. The van der Waals surface area contributed by atoms with E-state index < -0.39 is 15.9 Å². The van der Waals surface area contributed by atoms with Crippen molar-refractivity contribution in [1.29, 1.82) is 0 Å². The summed E-state index contributed by atoms with van der Waals surface area (Å²) >= 11 is 4.17. The zero-order valence-corrected chi connectivity index (χ0v) is 14.7. The van der Waals surface area contributed by atoms with Gasteiger partial charge < -0.3 is 5.32 Å². The molecule has 1 amide bonds. The largest absolute Gasteiger partial charge is 0.319 e. The molecule has 0 atom stereocenters. The van der Waals surface area contributed by atoms with Crippen LogP contribution in [-0.2, 0) is 10.0 Å². The molecule has 0 bridgehead atoms. The Balaban J connectivity index is 1.93. The summed E-state index contributed by atoms with van der Waals surface area (Å²) in [5.41, 5.74) is 1.19. The molecule has 2 aromatic heterocycles. The number of benzene rings is 1. The van der Waals surface area contributed by atoms with E-state index in [9.17, 15) is 13.2 Å². The van der Waals surface area contributed by atoms with E-state index in [1.165, 1.54) is 12.1 Å². The van der Waals surface area contributed by atoms with Gasteiger partial charge in [-0.3, -0.25) is 9.78 Å². The molecule has 3 N–H and O–H groups in total. The quantitative estimate of drug-likeness (QED) is 0.691. The second kappa shape index (κ2) is 6.00. The fourth-order valence-electron chi connectivity index (χ4n) is 2.01. The summed E-state index contributed by atoms with van der Waals surface area (Å²) < 4.78 is 23.3. The first-order valence-electron chi connectivity index (χ1n) is 6.33. The molecule has 0 aliphatic carbocycles. The number of carbonyl (C=O) groups is 1. The average Bonchev–Trinajstić information content (AvgIpc) is 2.97. The first kappa shape index (κ1) is 16.1. The van der Waals surface area contributed by atoms with Crippen LogP contribution in [0.25, 0.3) is 10.9 Å². The molecular formula is C14H10BrN3O3S2. The number of halogens is 1. The Morgan fingerprint density at radius 3 is 2.74 bits per heavy atom. The fourth-order valence-corrected chi connectivity index (χ4v) is 3.99. The van der Waals surface area contributed by atoms with Gasteiger partial charge in [0.2, 0.25) is 10.0 Å². The Morgan fingerprint density at radius 1 is 1.26 bits per heavy atom. The van der Waals surface area contributed by atoms with Crippen molar-refractivity contribution in [2.24, 2.45) is 5.14 Å².